The lowest BCUT2D eigenvalue weighted by molar-refractivity contribution is 0.0941. The molecule has 98 valence electrons. The van der Waals surface area contributed by atoms with Crippen molar-refractivity contribution in [1.82, 2.24) is 5.32 Å². The average molecular weight is 339 g/mol. The summed E-state index contributed by atoms with van der Waals surface area (Å²) in [5, 5.41) is 4.08. The van der Waals surface area contributed by atoms with E-state index >= 15 is 0 Å². The van der Waals surface area contributed by atoms with Gasteiger partial charge in [-0.1, -0.05) is 70.0 Å². The van der Waals surface area contributed by atoms with E-state index in [9.17, 15) is 4.79 Å². The first-order valence-corrected chi connectivity index (χ1v) is 7.38. The van der Waals surface area contributed by atoms with Crippen LogP contribution in [0.3, 0.4) is 0 Å². The van der Waals surface area contributed by atoms with Crippen LogP contribution in [0.15, 0.2) is 54.6 Å². The third kappa shape index (κ3) is 3.58. The molecule has 1 amide bonds. The van der Waals surface area contributed by atoms with Crippen LogP contribution >= 0.6 is 27.5 Å². The van der Waals surface area contributed by atoms with E-state index in [1.807, 2.05) is 30.3 Å². The van der Waals surface area contributed by atoms with Crippen LogP contribution in [0.1, 0.15) is 22.0 Å². The first-order chi connectivity index (χ1) is 9.22. The predicted molar refractivity (Wildman–Crippen MR) is 81.9 cm³/mol. The van der Waals surface area contributed by atoms with Crippen molar-refractivity contribution in [1.29, 1.82) is 0 Å². The van der Waals surface area contributed by atoms with Crippen molar-refractivity contribution >= 4 is 33.4 Å². The van der Waals surface area contributed by atoms with Crippen LogP contribution in [0.2, 0.25) is 5.02 Å². The van der Waals surface area contributed by atoms with Gasteiger partial charge in [0.1, 0.15) is 0 Å². The Bertz CT molecular complexity index is 559. The van der Waals surface area contributed by atoms with E-state index in [0.29, 0.717) is 15.9 Å². The third-order valence-electron chi connectivity index (χ3n) is 2.78. The van der Waals surface area contributed by atoms with E-state index in [4.69, 9.17) is 11.6 Å². The molecule has 0 aromatic heterocycles. The first kappa shape index (κ1) is 14.1. The lowest BCUT2D eigenvalue weighted by Gasteiger charge is -2.17. The Morgan fingerprint density at radius 1 is 1.11 bits per heavy atom. The molecule has 2 nitrogen and oxygen atoms in total. The molecule has 4 heteroatoms. The zero-order chi connectivity index (χ0) is 13.7. The van der Waals surface area contributed by atoms with Crippen LogP contribution in [-0.2, 0) is 0 Å². The fraction of sp³-hybridized carbons (Fsp3) is 0.133. The van der Waals surface area contributed by atoms with Crippen molar-refractivity contribution in [2.75, 3.05) is 5.33 Å². The van der Waals surface area contributed by atoms with Gasteiger partial charge in [0, 0.05) is 5.33 Å². The highest BCUT2D eigenvalue weighted by Gasteiger charge is 2.16. The van der Waals surface area contributed by atoms with Gasteiger partial charge in [0.15, 0.2) is 0 Å². The van der Waals surface area contributed by atoms with Crippen molar-refractivity contribution in [3.05, 3.63) is 70.7 Å². The molecule has 0 aliphatic rings. The molecular weight excluding hydrogens is 326 g/mol. The summed E-state index contributed by atoms with van der Waals surface area (Å²) >= 11 is 9.44. The van der Waals surface area contributed by atoms with Gasteiger partial charge in [-0.15, -0.1) is 0 Å². The van der Waals surface area contributed by atoms with Crippen molar-refractivity contribution in [2.45, 2.75) is 6.04 Å². The zero-order valence-corrected chi connectivity index (χ0v) is 12.5. The number of hydrogen-bond acceptors (Lipinski definition) is 1. The van der Waals surface area contributed by atoms with E-state index in [0.717, 1.165) is 5.56 Å². The van der Waals surface area contributed by atoms with Crippen LogP contribution < -0.4 is 5.32 Å². The number of carbonyl (C=O) groups is 1. The van der Waals surface area contributed by atoms with Gasteiger partial charge in [0.05, 0.1) is 16.6 Å². The Morgan fingerprint density at radius 3 is 2.37 bits per heavy atom. The standard InChI is InChI=1S/C15H13BrClNO/c16-10-14(11-6-2-1-3-7-11)18-15(19)12-8-4-5-9-13(12)17/h1-9,14H,10H2,(H,18,19). The topological polar surface area (TPSA) is 29.1 Å². The second-order valence-electron chi connectivity index (χ2n) is 4.07. The molecule has 1 N–H and O–H groups in total. The molecule has 2 aromatic carbocycles. The molecule has 0 spiro atoms. The molecule has 0 bridgehead atoms. The third-order valence-corrected chi connectivity index (χ3v) is 3.76. The van der Waals surface area contributed by atoms with Crippen molar-refractivity contribution in [3.63, 3.8) is 0 Å². The lowest BCUT2D eigenvalue weighted by atomic mass is 10.1. The molecule has 0 saturated carbocycles. The number of hydrogen-bond donors (Lipinski definition) is 1. The number of halogens is 2. The summed E-state index contributed by atoms with van der Waals surface area (Å²) in [5.41, 5.74) is 1.55. The van der Waals surface area contributed by atoms with Crippen molar-refractivity contribution in [3.8, 4) is 0 Å². The number of carbonyl (C=O) groups excluding carboxylic acids is 1. The SMILES string of the molecule is O=C(NC(CBr)c1ccccc1)c1ccccc1Cl. The molecule has 0 aliphatic carbocycles. The van der Waals surface area contributed by atoms with E-state index in [1.54, 1.807) is 24.3 Å². The molecule has 19 heavy (non-hydrogen) atoms. The molecule has 0 aliphatic heterocycles. The maximum atomic E-state index is 12.2. The summed E-state index contributed by atoms with van der Waals surface area (Å²) in [6.45, 7) is 0. The molecule has 0 heterocycles. The van der Waals surface area contributed by atoms with Crippen LogP contribution in [-0.4, -0.2) is 11.2 Å². The average Bonchev–Trinajstić information content (AvgIpc) is 2.46. The number of alkyl halides is 1. The molecule has 0 saturated heterocycles. The molecule has 0 fully saturated rings. The molecule has 2 rings (SSSR count). The Hall–Kier alpha value is -1.32. The zero-order valence-electron chi connectivity index (χ0n) is 10.1. The van der Waals surface area contributed by atoms with Gasteiger partial charge in [-0.2, -0.15) is 0 Å². The fourth-order valence-corrected chi connectivity index (χ4v) is 2.53. The normalized spacial score (nSPS) is 11.9. The summed E-state index contributed by atoms with van der Waals surface area (Å²) in [4.78, 5) is 12.2. The van der Waals surface area contributed by atoms with Gasteiger partial charge in [-0.3, -0.25) is 4.79 Å². The van der Waals surface area contributed by atoms with Crippen LogP contribution in [0.5, 0.6) is 0 Å². The summed E-state index contributed by atoms with van der Waals surface area (Å²) in [6, 6.07) is 16.8. The molecule has 0 radical (unpaired) electrons. The molecule has 2 aromatic rings. The maximum absolute atomic E-state index is 12.2. The van der Waals surface area contributed by atoms with Crippen LogP contribution in [0, 0.1) is 0 Å². The van der Waals surface area contributed by atoms with E-state index in [2.05, 4.69) is 21.2 Å². The van der Waals surface area contributed by atoms with Crippen molar-refractivity contribution < 1.29 is 4.79 Å². The second kappa shape index (κ2) is 6.73. The first-order valence-electron chi connectivity index (χ1n) is 5.88. The molecule has 1 atom stereocenters. The molecule has 1 unspecified atom stereocenters. The Morgan fingerprint density at radius 2 is 1.74 bits per heavy atom. The van der Waals surface area contributed by atoms with Gasteiger partial charge in [-0.05, 0) is 17.7 Å². The monoisotopic (exact) mass is 337 g/mol. The summed E-state index contributed by atoms with van der Waals surface area (Å²) < 4.78 is 0. The quantitative estimate of drug-likeness (QED) is 0.832. The second-order valence-corrected chi connectivity index (χ2v) is 5.13. The van der Waals surface area contributed by atoms with Crippen LogP contribution in [0.25, 0.3) is 0 Å². The highest BCUT2D eigenvalue weighted by molar-refractivity contribution is 9.09. The molecular formula is C15H13BrClNO. The highest BCUT2D eigenvalue weighted by atomic mass is 79.9. The summed E-state index contributed by atoms with van der Waals surface area (Å²) in [5.74, 6) is -0.168. The van der Waals surface area contributed by atoms with Gasteiger partial charge in [-0.25, -0.2) is 0 Å². The Balaban J connectivity index is 2.16. The maximum Gasteiger partial charge on any atom is 0.253 e. The largest absolute Gasteiger partial charge is 0.344 e. The Labute approximate surface area is 125 Å². The fourth-order valence-electron chi connectivity index (χ4n) is 1.78. The van der Waals surface area contributed by atoms with E-state index < -0.39 is 0 Å². The highest BCUT2D eigenvalue weighted by Crippen LogP contribution is 2.19. The Kier molecular flexibility index (Phi) is 5.00. The predicted octanol–water partition coefficient (Wildman–Crippen LogP) is 4.21. The minimum Gasteiger partial charge on any atom is -0.344 e. The van der Waals surface area contributed by atoms with Gasteiger partial charge < -0.3 is 5.32 Å². The van der Waals surface area contributed by atoms with E-state index in [-0.39, 0.29) is 11.9 Å². The number of nitrogens with one attached hydrogen (secondary N) is 1. The summed E-state index contributed by atoms with van der Waals surface area (Å²) in [7, 11) is 0. The number of amides is 1. The number of benzene rings is 2. The van der Waals surface area contributed by atoms with Gasteiger partial charge in [0.2, 0.25) is 0 Å². The van der Waals surface area contributed by atoms with E-state index in [1.165, 1.54) is 0 Å². The summed E-state index contributed by atoms with van der Waals surface area (Å²) in [6.07, 6.45) is 0. The smallest absolute Gasteiger partial charge is 0.253 e. The number of rotatable bonds is 4. The lowest BCUT2D eigenvalue weighted by Crippen LogP contribution is -2.29. The minimum atomic E-state index is -0.168. The van der Waals surface area contributed by atoms with Gasteiger partial charge in [0.25, 0.3) is 5.91 Å². The minimum absolute atomic E-state index is 0.0787. The van der Waals surface area contributed by atoms with Crippen molar-refractivity contribution in [2.24, 2.45) is 0 Å². The van der Waals surface area contributed by atoms with Crippen LogP contribution in [0.4, 0.5) is 0 Å². The van der Waals surface area contributed by atoms with Gasteiger partial charge >= 0.3 is 0 Å².